The van der Waals surface area contributed by atoms with Crippen molar-refractivity contribution in [3.05, 3.63) is 24.3 Å². The van der Waals surface area contributed by atoms with Crippen molar-refractivity contribution < 1.29 is 9.50 Å². The van der Waals surface area contributed by atoms with Gasteiger partial charge in [0.1, 0.15) is 17.7 Å². The Balaban J connectivity index is 2.25. The summed E-state index contributed by atoms with van der Waals surface area (Å²) in [6, 6.07) is 1.58. The van der Waals surface area contributed by atoms with E-state index in [1.807, 2.05) is 6.66 Å². The Kier molecular flexibility index (Phi) is 4.09. The SMILES string of the molecule is CPC1CCN(c2nccc(N)n2)C=C(F)C1O. The van der Waals surface area contributed by atoms with E-state index in [9.17, 15) is 9.50 Å². The van der Waals surface area contributed by atoms with Gasteiger partial charge >= 0.3 is 0 Å². The Morgan fingerprint density at radius 3 is 3.06 bits per heavy atom. The molecule has 0 aliphatic carbocycles. The Bertz CT molecular complexity index is 456. The molecule has 2 rings (SSSR count). The van der Waals surface area contributed by atoms with E-state index in [4.69, 9.17) is 5.73 Å². The van der Waals surface area contributed by atoms with Crippen LogP contribution < -0.4 is 10.6 Å². The highest BCUT2D eigenvalue weighted by atomic mass is 31.1. The maximum absolute atomic E-state index is 13.8. The molecule has 0 spiro atoms. The molecular weight excluding hydrogens is 254 g/mol. The van der Waals surface area contributed by atoms with Gasteiger partial charge in [0.25, 0.3) is 0 Å². The number of halogens is 1. The fraction of sp³-hybridized carbons (Fsp3) is 0.455. The van der Waals surface area contributed by atoms with Gasteiger partial charge in [-0.1, -0.05) is 0 Å². The van der Waals surface area contributed by atoms with E-state index >= 15 is 0 Å². The fourth-order valence-corrected chi connectivity index (χ4v) is 2.77. The second-order valence-electron chi connectivity index (χ2n) is 4.12. The van der Waals surface area contributed by atoms with Crippen LogP contribution in [0.1, 0.15) is 6.42 Å². The second kappa shape index (κ2) is 5.59. The van der Waals surface area contributed by atoms with Crippen molar-refractivity contribution >= 4 is 20.3 Å². The van der Waals surface area contributed by atoms with E-state index in [2.05, 4.69) is 9.97 Å². The van der Waals surface area contributed by atoms with E-state index < -0.39 is 11.9 Å². The molecule has 1 aromatic rings. The molecule has 3 N–H and O–H groups in total. The maximum atomic E-state index is 13.8. The minimum Gasteiger partial charge on any atom is -0.385 e. The van der Waals surface area contributed by atoms with E-state index in [0.717, 1.165) is 0 Å². The van der Waals surface area contributed by atoms with E-state index in [1.165, 1.54) is 12.4 Å². The first-order chi connectivity index (χ1) is 8.61. The van der Waals surface area contributed by atoms with E-state index in [1.54, 1.807) is 11.0 Å². The normalized spacial score (nSPS) is 25.3. The standard InChI is InChI=1S/C11H16FN4OP/c1-18-8-3-5-16(6-7(12)10(8)17)11-14-4-2-9(13)15-11/h2,4,6,8,10,17-18H,3,5H2,1H3,(H2,13,14,15). The zero-order valence-corrected chi connectivity index (χ0v) is 11.0. The number of aliphatic hydroxyl groups is 1. The highest BCUT2D eigenvalue weighted by Crippen LogP contribution is 2.30. The zero-order chi connectivity index (χ0) is 13.1. The molecule has 0 saturated heterocycles. The fourth-order valence-electron chi connectivity index (χ4n) is 1.88. The van der Waals surface area contributed by atoms with Crippen LogP contribution in [0.15, 0.2) is 24.3 Å². The van der Waals surface area contributed by atoms with Crippen molar-refractivity contribution in [2.24, 2.45) is 0 Å². The number of hydrogen-bond acceptors (Lipinski definition) is 5. The average molecular weight is 270 g/mol. The molecule has 1 aromatic heterocycles. The molecule has 0 aromatic carbocycles. The summed E-state index contributed by atoms with van der Waals surface area (Å²) in [5, 5.41) is 9.81. The predicted molar refractivity (Wildman–Crippen MR) is 71.6 cm³/mol. The minimum atomic E-state index is -1.03. The molecule has 0 saturated carbocycles. The van der Waals surface area contributed by atoms with Crippen LogP contribution in [0.5, 0.6) is 0 Å². The second-order valence-corrected chi connectivity index (χ2v) is 5.44. The molecule has 0 fully saturated rings. The highest BCUT2D eigenvalue weighted by Gasteiger charge is 2.27. The lowest BCUT2D eigenvalue weighted by molar-refractivity contribution is 0.178. The van der Waals surface area contributed by atoms with Gasteiger partial charge in [0.2, 0.25) is 5.95 Å². The van der Waals surface area contributed by atoms with Crippen molar-refractivity contribution in [2.75, 3.05) is 23.8 Å². The third-order valence-corrected chi connectivity index (χ3v) is 4.26. The third kappa shape index (κ3) is 2.76. The summed E-state index contributed by atoms with van der Waals surface area (Å²) in [4.78, 5) is 9.70. The molecule has 1 aliphatic heterocycles. The lowest BCUT2D eigenvalue weighted by Gasteiger charge is -2.18. The summed E-state index contributed by atoms with van der Waals surface area (Å²) in [6.45, 7) is 2.53. The van der Waals surface area contributed by atoms with Gasteiger partial charge in [0, 0.05) is 24.6 Å². The molecule has 3 unspecified atom stereocenters. The summed E-state index contributed by atoms with van der Waals surface area (Å²) in [5.41, 5.74) is 5.53. The van der Waals surface area contributed by atoms with Gasteiger partial charge in [0.05, 0.1) is 0 Å². The van der Waals surface area contributed by atoms with Crippen molar-refractivity contribution in [3.8, 4) is 0 Å². The van der Waals surface area contributed by atoms with Crippen LogP contribution in [-0.2, 0) is 0 Å². The van der Waals surface area contributed by atoms with Crippen LogP contribution in [0.2, 0.25) is 0 Å². The Hall–Kier alpha value is -1.26. The smallest absolute Gasteiger partial charge is 0.231 e. The van der Waals surface area contributed by atoms with Crippen LogP contribution in [0, 0.1) is 0 Å². The molecule has 1 aliphatic rings. The van der Waals surface area contributed by atoms with Crippen LogP contribution >= 0.6 is 8.58 Å². The molecule has 5 nitrogen and oxygen atoms in total. The maximum Gasteiger partial charge on any atom is 0.231 e. The number of aliphatic hydroxyl groups excluding tert-OH is 1. The van der Waals surface area contributed by atoms with Crippen LogP contribution in [-0.4, -0.2) is 40.0 Å². The average Bonchev–Trinajstić information content (AvgIpc) is 2.50. The van der Waals surface area contributed by atoms with Crippen LogP contribution in [0.4, 0.5) is 16.2 Å². The summed E-state index contributed by atoms with van der Waals surface area (Å²) in [7, 11) is 0.491. The first kappa shape index (κ1) is 13.2. The molecule has 0 amide bonds. The molecule has 3 atom stereocenters. The number of nitrogen functional groups attached to an aromatic ring is 1. The zero-order valence-electron chi connectivity index (χ0n) is 10.0. The van der Waals surface area contributed by atoms with Gasteiger partial charge in [-0.25, -0.2) is 9.37 Å². The van der Waals surface area contributed by atoms with Crippen molar-refractivity contribution in [3.63, 3.8) is 0 Å². The first-order valence-corrected chi connectivity index (χ1v) is 7.27. The lowest BCUT2D eigenvalue weighted by Crippen LogP contribution is -2.23. The van der Waals surface area contributed by atoms with Crippen LogP contribution in [0.25, 0.3) is 0 Å². The van der Waals surface area contributed by atoms with Gasteiger partial charge < -0.3 is 15.7 Å². The molecule has 7 heteroatoms. The summed E-state index contributed by atoms with van der Waals surface area (Å²) in [5.74, 6) is 0.155. The molecule has 0 bridgehead atoms. The van der Waals surface area contributed by atoms with Gasteiger partial charge in [-0.05, 0) is 19.2 Å². The summed E-state index contributed by atoms with van der Waals surface area (Å²) in [6.07, 6.45) is 2.46. The number of anilines is 2. The Morgan fingerprint density at radius 1 is 1.61 bits per heavy atom. The van der Waals surface area contributed by atoms with Gasteiger partial charge in [0.15, 0.2) is 0 Å². The summed E-state index contributed by atoms with van der Waals surface area (Å²) < 4.78 is 13.8. The van der Waals surface area contributed by atoms with Gasteiger partial charge in [-0.2, -0.15) is 4.98 Å². The Labute approximate surface area is 107 Å². The van der Waals surface area contributed by atoms with Crippen molar-refractivity contribution in [1.82, 2.24) is 9.97 Å². The molecular formula is C11H16FN4OP. The van der Waals surface area contributed by atoms with Crippen LogP contribution in [0.3, 0.4) is 0 Å². The monoisotopic (exact) mass is 270 g/mol. The number of aromatic nitrogens is 2. The Morgan fingerprint density at radius 2 is 2.39 bits per heavy atom. The van der Waals surface area contributed by atoms with Crippen molar-refractivity contribution in [1.29, 1.82) is 0 Å². The summed E-state index contributed by atoms with van der Waals surface area (Å²) >= 11 is 0. The lowest BCUT2D eigenvalue weighted by atomic mass is 10.2. The molecule has 0 radical (unpaired) electrons. The topological polar surface area (TPSA) is 75.3 Å². The van der Waals surface area contributed by atoms with Gasteiger partial charge in [-0.3, -0.25) is 0 Å². The van der Waals surface area contributed by atoms with Gasteiger partial charge in [-0.15, -0.1) is 8.58 Å². The molecule has 18 heavy (non-hydrogen) atoms. The highest BCUT2D eigenvalue weighted by molar-refractivity contribution is 7.38. The van der Waals surface area contributed by atoms with Crippen molar-refractivity contribution in [2.45, 2.75) is 18.2 Å². The number of hydrogen-bond donors (Lipinski definition) is 2. The van der Waals surface area contributed by atoms with E-state index in [0.29, 0.717) is 33.3 Å². The number of nitrogens with zero attached hydrogens (tertiary/aromatic N) is 3. The first-order valence-electron chi connectivity index (χ1n) is 5.69. The largest absolute Gasteiger partial charge is 0.385 e. The third-order valence-electron chi connectivity index (χ3n) is 2.92. The number of nitrogens with two attached hydrogens (primary N) is 1. The molecule has 98 valence electrons. The quantitative estimate of drug-likeness (QED) is 0.788. The van der Waals surface area contributed by atoms with E-state index in [-0.39, 0.29) is 5.66 Å². The minimum absolute atomic E-state index is 0.0488. The molecule has 2 heterocycles. The predicted octanol–water partition coefficient (Wildman–Crippen LogP) is 1.12. The number of rotatable bonds is 2.